The quantitative estimate of drug-likeness (QED) is 0.478. The second kappa shape index (κ2) is 6.38. The maximum absolute atomic E-state index is 5.43. The third-order valence-electron chi connectivity index (χ3n) is 3.03. The number of rotatable bonds is 5. The Hall–Kier alpha value is -1.70. The van der Waals surface area contributed by atoms with Crippen molar-refractivity contribution in [1.29, 1.82) is 0 Å². The molecule has 0 radical (unpaired) electrons. The molecule has 0 aliphatic rings. The predicted molar refractivity (Wildman–Crippen MR) is 91.6 cm³/mol. The number of hydrazine groups is 1. The van der Waals surface area contributed by atoms with Crippen LogP contribution in [0, 0.1) is 0 Å². The Labute approximate surface area is 134 Å². The summed E-state index contributed by atoms with van der Waals surface area (Å²) in [6.07, 6.45) is 0.944. The van der Waals surface area contributed by atoms with E-state index in [1.165, 1.54) is 4.88 Å². The van der Waals surface area contributed by atoms with E-state index in [0.29, 0.717) is 5.95 Å². The Balaban J connectivity index is 1.79. The number of aromatic nitrogens is 2. The monoisotopic (exact) mass is 363 g/mol. The second-order valence-corrected chi connectivity index (χ2v) is 6.99. The molecular formula is C14H14BrN5S. The predicted octanol–water partition coefficient (Wildman–Crippen LogP) is 3.39. The molecule has 2 heterocycles. The van der Waals surface area contributed by atoms with Gasteiger partial charge in [0.1, 0.15) is 5.82 Å². The maximum Gasteiger partial charge on any atom is 0.239 e. The highest BCUT2D eigenvalue weighted by atomic mass is 79.9. The van der Waals surface area contributed by atoms with Crippen LogP contribution in [-0.4, -0.2) is 16.5 Å². The Kier molecular flexibility index (Phi) is 4.33. The van der Waals surface area contributed by atoms with Crippen LogP contribution in [0.1, 0.15) is 4.88 Å². The van der Waals surface area contributed by atoms with Gasteiger partial charge >= 0.3 is 0 Å². The minimum absolute atomic E-state index is 0.412. The molecule has 0 atom stereocenters. The molecule has 4 N–H and O–H groups in total. The van der Waals surface area contributed by atoms with Crippen LogP contribution in [0.4, 0.5) is 11.8 Å². The van der Waals surface area contributed by atoms with E-state index in [1.807, 2.05) is 24.3 Å². The molecule has 1 aromatic carbocycles. The number of nitrogens with two attached hydrogens (primary N) is 1. The summed E-state index contributed by atoms with van der Waals surface area (Å²) in [7, 11) is 0. The average Bonchev–Trinajstić information content (AvgIpc) is 2.92. The van der Waals surface area contributed by atoms with Gasteiger partial charge in [0.15, 0.2) is 0 Å². The van der Waals surface area contributed by atoms with Crippen LogP contribution in [-0.2, 0) is 6.42 Å². The lowest BCUT2D eigenvalue weighted by atomic mass is 10.2. The van der Waals surface area contributed by atoms with Crippen LogP contribution < -0.4 is 16.6 Å². The fourth-order valence-corrected chi connectivity index (χ4v) is 3.55. The van der Waals surface area contributed by atoms with Crippen LogP contribution in [0.5, 0.6) is 0 Å². The zero-order valence-electron chi connectivity index (χ0n) is 11.1. The fourth-order valence-electron chi connectivity index (χ4n) is 2.07. The molecule has 5 nitrogen and oxygen atoms in total. The molecule has 21 heavy (non-hydrogen) atoms. The van der Waals surface area contributed by atoms with Crippen molar-refractivity contribution in [2.45, 2.75) is 6.42 Å². The number of fused-ring (bicyclic) bond motifs is 1. The van der Waals surface area contributed by atoms with Gasteiger partial charge in [0.25, 0.3) is 0 Å². The number of benzene rings is 1. The van der Waals surface area contributed by atoms with E-state index in [4.69, 9.17) is 5.84 Å². The molecule has 3 aromatic rings. The molecule has 108 valence electrons. The molecule has 2 aromatic heterocycles. The highest BCUT2D eigenvalue weighted by molar-refractivity contribution is 9.11. The minimum Gasteiger partial charge on any atom is -0.369 e. The van der Waals surface area contributed by atoms with Gasteiger partial charge in [-0.3, -0.25) is 5.43 Å². The van der Waals surface area contributed by atoms with Gasteiger partial charge in [0.05, 0.1) is 9.30 Å². The summed E-state index contributed by atoms with van der Waals surface area (Å²) in [5.74, 6) is 6.63. The largest absolute Gasteiger partial charge is 0.369 e. The second-order valence-electron chi connectivity index (χ2n) is 4.44. The number of nitrogens with zero attached hydrogens (tertiary/aromatic N) is 2. The van der Waals surface area contributed by atoms with Crippen molar-refractivity contribution in [3.05, 3.63) is 45.1 Å². The number of thiophene rings is 1. The highest BCUT2D eigenvalue weighted by Crippen LogP contribution is 2.24. The van der Waals surface area contributed by atoms with Crippen LogP contribution in [0.25, 0.3) is 10.9 Å². The standard InChI is InChI=1S/C14H14BrN5S/c15-12-6-5-9(21-12)7-8-17-13-10-3-1-2-4-11(10)18-14(19-13)20-16/h1-6H,7-8,16H2,(H2,17,18,19,20). The summed E-state index contributed by atoms with van der Waals surface area (Å²) in [6, 6.07) is 12.1. The first-order valence-electron chi connectivity index (χ1n) is 6.48. The van der Waals surface area contributed by atoms with Crippen molar-refractivity contribution < 1.29 is 0 Å². The highest BCUT2D eigenvalue weighted by Gasteiger charge is 2.06. The van der Waals surface area contributed by atoms with E-state index in [0.717, 1.165) is 33.5 Å². The van der Waals surface area contributed by atoms with Crippen LogP contribution in [0.2, 0.25) is 0 Å². The molecule has 0 saturated carbocycles. The molecule has 0 spiro atoms. The number of nitrogens with one attached hydrogen (secondary N) is 2. The zero-order valence-corrected chi connectivity index (χ0v) is 13.5. The summed E-state index contributed by atoms with van der Waals surface area (Å²) in [4.78, 5) is 10.0. The Morgan fingerprint density at radius 3 is 2.76 bits per heavy atom. The number of anilines is 2. The first kappa shape index (κ1) is 14.2. The Morgan fingerprint density at radius 1 is 1.14 bits per heavy atom. The Morgan fingerprint density at radius 2 is 2.00 bits per heavy atom. The van der Waals surface area contributed by atoms with Gasteiger partial charge < -0.3 is 5.32 Å². The van der Waals surface area contributed by atoms with E-state index in [1.54, 1.807) is 11.3 Å². The summed E-state index contributed by atoms with van der Waals surface area (Å²) in [5.41, 5.74) is 3.37. The molecule has 0 aliphatic carbocycles. The SMILES string of the molecule is NNc1nc(NCCc2ccc(Br)s2)c2ccccc2n1. The normalized spacial score (nSPS) is 10.8. The molecule has 0 unspecified atom stereocenters. The van der Waals surface area contributed by atoms with Gasteiger partial charge in [-0.15, -0.1) is 11.3 Å². The van der Waals surface area contributed by atoms with Crippen LogP contribution in [0.15, 0.2) is 40.2 Å². The molecule has 3 rings (SSSR count). The topological polar surface area (TPSA) is 75.9 Å². The molecule has 0 saturated heterocycles. The van der Waals surface area contributed by atoms with Crippen LogP contribution in [0.3, 0.4) is 0 Å². The summed E-state index contributed by atoms with van der Waals surface area (Å²) < 4.78 is 1.15. The lowest BCUT2D eigenvalue weighted by Crippen LogP contribution is -2.13. The van der Waals surface area contributed by atoms with E-state index in [2.05, 4.69) is 48.8 Å². The first-order chi connectivity index (χ1) is 10.3. The van der Waals surface area contributed by atoms with Gasteiger partial charge in [0.2, 0.25) is 5.95 Å². The maximum atomic E-state index is 5.43. The molecule has 0 aliphatic heterocycles. The van der Waals surface area contributed by atoms with Gasteiger partial charge in [-0.1, -0.05) is 12.1 Å². The lowest BCUT2D eigenvalue weighted by Gasteiger charge is -2.10. The first-order valence-corrected chi connectivity index (χ1v) is 8.08. The van der Waals surface area contributed by atoms with Crippen molar-refractivity contribution in [3.8, 4) is 0 Å². The third kappa shape index (κ3) is 3.31. The molecule has 0 bridgehead atoms. The van der Waals surface area contributed by atoms with Gasteiger partial charge in [-0.25, -0.2) is 10.8 Å². The summed E-state index contributed by atoms with van der Waals surface area (Å²) in [6.45, 7) is 0.804. The van der Waals surface area contributed by atoms with E-state index in [9.17, 15) is 0 Å². The lowest BCUT2D eigenvalue weighted by molar-refractivity contribution is 1.02. The minimum atomic E-state index is 0.412. The van der Waals surface area contributed by atoms with Gasteiger partial charge in [0, 0.05) is 16.8 Å². The smallest absolute Gasteiger partial charge is 0.239 e. The van der Waals surface area contributed by atoms with Crippen molar-refractivity contribution in [1.82, 2.24) is 9.97 Å². The van der Waals surface area contributed by atoms with Crippen molar-refractivity contribution in [2.75, 3.05) is 17.3 Å². The molecular weight excluding hydrogens is 350 g/mol. The Bertz CT molecular complexity index is 758. The van der Waals surface area contributed by atoms with Gasteiger partial charge in [-0.2, -0.15) is 4.98 Å². The zero-order chi connectivity index (χ0) is 14.7. The van der Waals surface area contributed by atoms with Gasteiger partial charge in [-0.05, 0) is 46.6 Å². The average molecular weight is 364 g/mol. The van der Waals surface area contributed by atoms with E-state index < -0.39 is 0 Å². The summed E-state index contributed by atoms with van der Waals surface area (Å²) >= 11 is 5.22. The number of halogens is 1. The molecule has 7 heteroatoms. The summed E-state index contributed by atoms with van der Waals surface area (Å²) in [5, 5.41) is 4.35. The number of nitrogen functional groups attached to an aromatic ring is 1. The van der Waals surface area contributed by atoms with Crippen molar-refractivity contribution in [3.63, 3.8) is 0 Å². The molecule has 0 amide bonds. The number of hydrogen-bond donors (Lipinski definition) is 3. The number of hydrogen-bond acceptors (Lipinski definition) is 6. The van der Waals surface area contributed by atoms with Crippen molar-refractivity contribution in [2.24, 2.45) is 5.84 Å². The third-order valence-corrected chi connectivity index (χ3v) is 4.71. The van der Waals surface area contributed by atoms with Crippen molar-refractivity contribution >= 4 is 49.9 Å². The van der Waals surface area contributed by atoms with E-state index in [-0.39, 0.29) is 0 Å². The van der Waals surface area contributed by atoms with Crippen LogP contribution >= 0.6 is 27.3 Å². The van der Waals surface area contributed by atoms with E-state index >= 15 is 0 Å². The number of para-hydroxylation sites is 1. The molecule has 0 fully saturated rings. The fraction of sp³-hybridized carbons (Fsp3) is 0.143.